The van der Waals surface area contributed by atoms with E-state index in [9.17, 15) is 0 Å². The second-order valence-corrected chi connectivity index (χ2v) is 6.14. The summed E-state index contributed by atoms with van der Waals surface area (Å²) in [5, 5.41) is 14.3. The highest BCUT2D eigenvalue weighted by molar-refractivity contribution is 5.89. The smallest absolute Gasteiger partial charge is 0.170 e. The minimum atomic E-state index is 0.705. The van der Waals surface area contributed by atoms with Crippen molar-refractivity contribution in [2.24, 2.45) is 0 Å². The second-order valence-electron chi connectivity index (χ2n) is 6.14. The Bertz CT molecular complexity index is 1200. The molecule has 0 radical (unpaired) electrons. The Morgan fingerprint density at radius 2 is 1.88 bits per heavy atom. The number of fused-ring (bicyclic) bond motifs is 3. The summed E-state index contributed by atoms with van der Waals surface area (Å²) in [6.45, 7) is 2.72. The van der Waals surface area contributed by atoms with Gasteiger partial charge in [0, 0.05) is 19.2 Å². The molecule has 0 bridgehead atoms. The highest BCUT2D eigenvalue weighted by Gasteiger charge is 2.13. The van der Waals surface area contributed by atoms with E-state index in [-0.39, 0.29) is 0 Å². The van der Waals surface area contributed by atoms with Crippen LogP contribution in [0, 0.1) is 6.92 Å². The molecule has 0 saturated heterocycles. The van der Waals surface area contributed by atoms with Crippen molar-refractivity contribution in [3.05, 3.63) is 66.6 Å². The van der Waals surface area contributed by atoms with Crippen molar-refractivity contribution in [1.29, 1.82) is 0 Å². The van der Waals surface area contributed by atoms with E-state index in [1.807, 2.05) is 58.9 Å². The van der Waals surface area contributed by atoms with Gasteiger partial charge in [0.05, 0.1) is 23.0 Å². The molecule has 5 rings (SSSR count). The first-order chi connectivity index (χ1) is 12.8. The van der Waals surface area contributed by atoms with Crippen LogP contribution in [-0.2, 0) is 13.0 Å². The molecule has 0 aliphatic heterocycles. The first-order valence-electron chi connectivity index (χ1n) is 8.41. The molecule has 0 aliphatic rings. The zero-order chi connectivity index (χ0) is 17.5. The summed E-state index contributed by atoms with van der Waals surface area (Å²) >= 11 is 0. The van der Waals surface area contributed by atoms with Crippen molar-refractivity contribution in [3.63, 3.8) is 0 Å². The third-order valence-electron chi connectivity index (χ3n) is 4.29. The molecule has 128 valence electrons. The number of para-hydroxylation sites is 1. The van der Waals surface area contributed by atoms with Crippen molar-refractivity contribution < 1.29 is 0 Å². The van der Waals surface area contributed by atoms with Gasteiger partial charge in [-0.25, -0.2) is 19.2 Å². The lowest BCUT2D eigenvalue weighted by atomic mass is 10.3. The van der Waals surface area contributed by atoms with E-state index in [1.165, 1.54) is 0 Å². The van der Waals surface area contributed by atoms with E-state index in [1.54, 1.807) is 17.0 Å². The minimum absolute atomic E-state index is 0.705. The Morgan fingerprint density at radius 3 is 2.69 bits per heavy atom. The molecular weight excluding hydrogens is 328 g/mol. The predicted octanol–water partition coefficient (Wildman–Crippen LogP) is 2.21. The van der Waals surface area contributed by atoms with Crippen molar-refractivity contribution in [1.82, 2.24) is 39.1 Å². The largest absolute Gasteiger partial charge is 0.272 e. The number of nitrogens with zero attached hydrogens (tertiary/aromatic N) is 8. The molecule has 0 atom stereocenters. The van der Waals surface area contributed by atoms with Crippen LogP contribution in [0.25, 0.3) is 22.4 Å². The normalized spacial score (nSPS) is 11.6. The first-order valence-corrected chi connectivity index (χ1v) is 8.41. The molecule has 1 aromatic carbocycles. The summed E-state index contributed by atoms with van der Waals surface area (Å²) in [5.41, 5.74) is 3.51. The van der Waals surface area contributed by atoms with Crippen molar-refractivity contribution in [3.8, 4) is 5.69 Å². The summed E-state index contributed by atoms with van der Waals surface area (Å²) < 4.78 is 5.43. The van der Waals surface area contributed by atoms with E-state index in [0.29, 0.717) is 6.42 Å². The van der Waals surface area contributed by atoms with Crippen LogP contribution < -0.4 is 0 Å². The molecule has 4 aromatic heterocycles. The topological polar surface area (TPSA) is 78.7 Å². The van der Waals surface area contributed by atoms with Gasteiger partial charge in [0.2, 0.25) is 0 Å². The molecule has 8 nitrogen and oxygen atoms in total. The van der Waals surface area contributed by atoms with Gasteiger partial charge in [0.1, 0.15) is 6.33 Å². The molecule has 0 aliphatic carbocycles. The summed E-state index contributed by atoms with van der Waals surface area (Å²) in [5.74, 6) is 0.764. The SMILES string of the molecule is Cc1ccn(CCc2nc3c4cnn(-c5ccccc5)c4ncn3n2)n1. The van der Waals surface area contributed by atoms with Crippen LogP contribution in [0.2, 0.25) is 0 Å². The maximum absolute atomic E-state index is 4.69. The quantitative estimate of drug-likeness (QED) is 0.499. The standard InChI is InChI=1S/C18H16N8/c1-13-7-9-24(22-13)10-8-16-21-18-15-11-20-26(14-5-3-2-4-6-14)17(15)19-12-25(18)23-16/h2-7,9,11-12H,8,10H2,1H3. The molecule has 5 aromatic rings. The van der Waals surface area contributed by atoms with Gasteiger partial charge in [0.25, 0.3) is 0 Å². The Morgan fingerprint density at radius 1 is 1.00 bits per heavy atom. The van der Waals surface area contributed by atoms with Gasteiger partial charge >= 0.3 is 0 Å². The van der Waals surface area contributed by atoms with Crippen molar-refractivity contribution in [2.45, 2.75) is 19.9 Å². The fourth-order valence-corrected chi connectivity index (χ4v) is 3.03. The minimum Gasteiger partial charge on any atom is -0.272 e. The van der Waals surface area contributed by atoms with Crippen LogP contribution in [0.15, 0.2) is 55.1 Å². The zero-order valence-electron chi connectivity index (χ0n) is 14.2. The van der Waals surface area contributed by atoms with Gasteiger partial charge in [0.15, 0.2) is 17.1 Å². The monoisotopic (exact) mass is 344 g/mol. The molecule has 0 saturated carbocycles. The average molecular weight is 344 g/mol. The van der Waals surface area contributed by atoms with E-state index >= 15 is 0 Å². The fourth-order valence-electron chi connectivity index (χ4n) is 3.03. The van der Waals surface area contributed by atoms with Crippen LogP contribution >= 0.6 is 0 Å². The third-order valence-corrected chi connectivity index (χ3v) is 4.29. The predicted molar refractivity (Wildman–Crippen MR) is 96.1 cm³/mol. The fraction of sp³-hybridized carbons (Fsp3) is 0.167. The van der Waals surface area contributed by atoms with E-state index < -0.39 is 0 Å². The molecule has 0 fully saturated rings. The molecule has 0 unspecified atom stereocenters. The Labute approximate surface area is 148 Å². The molecule has 8 heteroatoms. The van der Waals surface area contributed by atoms with E-state index in [0.717, 1.165) is 40.4 Å². The highest BCUT2D eigenvalue weighted by Crippen LogP contribution is 2.19. The van der Waals surface area contributed by atoms with Gasteiger partial charge in [-0.2, -0.15) is 10.2 Å². The van der Waals surface area contributed by atoms with Crippen LogP contribution in [0.1, 0.15) is 11.5 Å². The number of benzene rings is 1. The van der Waals surface area contributed by atoms with Crippen LogP contribution in [0.3, 0.4) is 0 Å². The highest BCUT2D eigenvalue weighted by atomic mass is 15.4. The van der Waals surface area contributed by atoms with Crippen LogP contribution in [-0.4, -0.2) is 39.1 Å². The Hall–Kier alpha value is -3.55. The number of aryl methyl sites for hydroxylation is 3. The lowest BCUT2D eigenvalue weighted by Gasteiger charge is -2.01. The number of hydrogen-bond acceptors (Lipinski definition) is 5. The number of rotatable bonds is 4. The van der Waals surface area contributed by atoms with Crippen LogP contribution in [0.5, 0.6) is 0 Å². The number of aromatic nitrogens is 8. The molecule has 0 amide bonds. The number of hydrogen-bond donors (Lipinski definition) is 0. The molecule has 26 heavy (non-hydrogen) atoms. The van der Waals surface area contributed by atoms with E-state index in [2.05, 4.69) is 25.3 Å². The molecular formula is C18H16N8. The second kappa shape index (κ2) is 5.76. The molecule has 0 spiro atoms. The average Bonchev–Trinajstić information content (AvgIpc) is 3.37. The van der Waals surface area contributed by atoms with Gasteiger partial charge in [-0.1, -0.05) is 18.2 Å². The van der Waals surface area contributed by atoms with Crippen molar-refractivity contribution in [2.75, 3.05) is 0 Å². The third kappa shape index (κ3) is 2.43. The molecule has 4 heterocycles. The van der Waals surface area contributed by atoms with Gasteiger partial charge in [-0.15, -0.1) is 5.10 Å². The van der Waals surface area contributed by atoms with Gasteiger partial charge < -0.3 is 0 Å². The lowest BCUT2D eigenvalue weighted by molar-refractivity contribution is 0.595. The lowest BCUT2D eigenvalue weighted by Crippen LogP contribution is -2.03. The summed E-state index contributed by atoms with van der Waals surface area (Å²) in [7, 11) is 0. The first kappa shape index (κ1) is 14.8. The van der Waals surface area contributed by atoms with Crippen LogP contribution in [0.4, 0.5) is 0 Å². The summed E-state index contributed by atoms with van der Waals surface area (Å²) in [6.07, 6.45) is 6.15. The Kier molecular flexibility index (Phi) is 3.27. The van der Waals surface area contributed by atoms with Gasteiger partial charge in [-0.3, -0.25) is 4.68 Å². The Balaban J connectivity index is 1.52. The van der Waals surface area contributed by atoms with Gasteiger partial charge in [-0.05, 0) is 25.1 Å². The summed E-state index contributed by atoms with van der Waals surface area (Å²) in [4.78, 5) is 9.21. The van der Waals surface area contributed by atoms with E-state index in [4.69, 9.17) is 0 Å². The maximum atomic E-state index is 4.69. The van der Waals surface area contributed by atoms with Crippen molar-refractivity contribution >= 4 is 16.7 Å². The summed E-state index contributed by atoms with van der Waals surface area (Å²) in [6, 6.07) is 11.9. The molecule has 0 N–H and O–H groups in total. The maximum Gasteiger partial charge on any atom is 0.170 e. The zero-order valence-corrected chi connectivity index (χ0v) is 14.2.